The monoisotopic (exact) mass is 514 g/mol. The number of benzene rings is 2. The molecular weight excluding hydrogens is 481 g/mol. The zero-order valence-electron chi connectivity index (χ0n) is 20.7. The number of rotatable bonds is 7. The number of phenols is 1. The molecule has 1 amide bonds. The number of likely N-dealkylation sites (tertiary alicyclic amines) is 1. The van der Waals surface area contributed by atoms with Crippen molar-refractivity contribution in [1.29, 1.82) is 0 Å². The summed E-state index contributed by atoms with van der Waals surface area (Å²) < 4.78 is 41.5. The van der Waals surface area contributed by atoms with Crippen LogP contribution in [0.3, 0.4) is 0 Å². The van der Waals surface area contributed by atoms with E-state index in [4.69, 9.17) is 0 Å². The van der Waals surface area contributed by atoms with Gasteiger partial charge in [-0.1, -0.05) is 24.3 Å². The predicted molar refractivity (Wildman–Crippen MR) is 135 cm³/mol. The first-order valence-electron chi connectivity index (χ1n) is 13.0. The van der Waals surface area contributed by atoms with E-state index in [-0.39, 0.29) is 28.9 Å². The van der Waals surface area contributed by atoms with Crippen LogP contribution in [0.25, 0.3) is 6.08 Å². The minimum Gasteiger partial charge on any atom is -0.508 e. The summed E-state index contributed by atoms with van der Waals surface area (Å²) in [6.07, 6.45) is 4.40. The van der Waals surface area contributed by atoms with Gasteiger partial charge in [-0.2, -0.15) is 0 Å². The molecular formula is C29H33F3N2O3. The Morgan fingerprint density at radius 2 is 1.95 bits per heavy atom. The number of hydrogen-bond donors (Lipinski definition) is 2. The molecule has 3 fully saturated rings. The molecule has 0 aromatic heterocycles. The second-order valence-corrected chi connectivity index (χ2v) is 10.8. The number of nitrogens with zero attached hydrogens (tertiary/aromatic N) is 1. The molecule has 2 saturated carbocycles. The smallest absolute Gasteiger partial charge is 0.508 e. The minimum absolute atomic E-state index is 0.0226. The maximum atomic E-state index is 12.8. The van der Waals surface area contributed by atoms with E-state index in [0.29, 0.717) is 11.5 Å². The van der Waals surface area contributed by atoms with Gasteiger partial charge >= 0.3 is 6.36 Å². The largest absolute Gasteiger partial charge is 0.573 e. The molecule has 5 rings (SSSR count). The van der Waals surface area contributed by atoms with Crippen molar-refractivity contribution < 1.29 is 27.8 Å². The second-order valence-electron chi connectivity index (χ2n) is 10.8. The van der Waals surface area contributed by atoms with Gasteiger partial charge in [0.1, 0.15) is 11.5 Å². The Labute approximate surface area is 215 Å². The minimum atomic E-state index is -4.77. The average molecular weight is 515 g/mol. The molecule has 2 aromatic rings. The predicted octanol–water partition coefficient (Wildman–Crippen LogP) is 5.64. The molecule has 3 aliphatic rings. The Balaban J connectivity index is 1.27. The number of ether oxygens (including phenoxy) is 1. The summed E-state index contributed by atoms with van der Waals surface area (Å²) in [5.74, 6) is 0.965. The standard InChI is InChI=1S/C29H33F3N2O3/c30-29(31,32)37-26-6-1-3-20(15-26)9-12-27(36)33-24-11-10-23-19-34(18-21-7-8-21)14-13-28(23,17-24)22-4-2-5-25(35)16-22/h1-6,9,12,15-16,21,23-24,35H,7-8,10-11,13-14,17-19H2,(H,33,36). The van der Waals surface area contributed by atoms with Gasteiger partial charge in [-0.15, -0.1) is 13.2 Å². The van der Waals surface area contributed by atoms with Crippen LogP contribution in [0, 0.1) is 11.8 Å². The first-order chi connectivity index (χ1) is 17.7. The summed E-state index contributed by atoms with van der Waals surface area (Å²) in [5, 5.41) is 13.3. The van der Waals surface area contributed by atoms with Gasteiger partial charge in [-0.25, -0.2) is 0 Å². The molecule has 0 bridgehead atoms. The molecule has 1 saturated heterocycles. The number of alkyl halides is 3. The third-order valence-electron chi connectivity index (χ3n) is 8.11. The molecule has 198 valence electrons. The van der Waals surface area contributed by atoms with Crippen LogP contribution < -0.4 is 10.1 Å². The molecule has 2 N–H and O–H groups in total. The zero-order valence-corrected chi connectivity index (χ0v) is 20.7. The van der Waals surface area contributed by atoms with Crippen LogP contribution in [0.1, 0.15) is 49.7 Å². The van der Waals surface area contributed by atoms with E-state index in [1.807, 2.05) is 12.1 Å². The molecule has 37 heavy (non-hydrogen) atoms. The van der Waals surface area contributed by atoms with Gasteiger partial charge in [-0.3, -0.25) is 4.79 Å². The van der Waals surface area contributed by atoms with E-state index >= 15 is 0 Å². The SMILES string of the molecule is O=C(C=Cc1cccc(OC(F)(F)F)c1)NC1CCC2CN(CC3CC3)CCC2(c2cccc(O)c2)C1. The van der Waals surface area contributed by atoms with E-state index in [1.54, 1.807) is 12.1 Å². The van der Waals surface area contributed by atoms with Crippen LogP contribution in [-0.2, 0) is 10.2 Å². The Morgan fingerprint density at radius 3 is 2.70 bits per heavy atom. The summed E-state index contributed by atoms with van der Waals surface area (Å²) in [6, 6.07) is 13.1. The molecule has 1 aliphatic heterocycles. The van der Waals surface area contributed by atoms with Gasteiger partial charge in [0.15, 0.2) is 0 Å². The van der Waals surface area contributed by atoms with Crippen molar-refractivity contribution >= 4 is 12.0 Å². The third kappa shape index (κ3) is 6.47. The summed E-state index contributed by atoms with van der Waals surface area (Å²) in [5.41, 5.74) is 1.47. The number of carbonyl (C=O) groups is 1. The summed E-state index contributed by atoms with van der Waals surface area (Å²) in [4.78, 5) is 15.4. The first kappa shape index (κ1) is 25.6. The van der Waals surface area contributed by atoms with Gasteiger partial charge in [0.05, 0.1) is 0 Å². The van der Waals surface area contributed by atoms with E-state index in [0.717, 1.165) is 50.3 Å². The molecule has 0 spiro atoms. The summed E-state index contributed by atoms with van der Waals surface area (Å²) >= 11 is 0. The van der Waals surface area contributed by atoms with E-state index in [9.17, 15) is 23.1 Å². The molecule has 1 heterocycles. The number of nitrogens with one attached hydrogen (secondary N) is 1. The maximum absolute atomic E-state index is 12.8. The molecule has 2 aliphatic carbocycles. The van der Waals surface area contributed by atoms with Crippen LogP contribution in [-0.4, -0.2) is 48.0 Å². The molecule has 3 unspecified atom stereocenters. The van der Waals surface area contributed by atoms with Crippen LogP contribution >= 0.6 is 0 Å². The van der Waals surface area contributed by atoms with Gasteiger partial charge in [0.2, 0.25) is 5.91 Å². The number of phenolic OH excluding ortho intramolecular Hbond substituents is 1. The summed E-state index contributed by atoms with van der Waals surface area (Å²) in [6.45, 7) is 3.23. The molecule has 2 aromatic carbocycles. The van der Waals surface area contributed by atoms with Crippen LogP contribution in [0.5, 0.6) is 11.5 Å². The quantitative estimate of drug-likeness (QED) is 0.470. The fraction of sp³-hybridized carbons (Fsp3) is 0.483. The number of carbonyl (C=O) groups excluding carboxylic acids is 1. The van der Waals surface area contributed by atoms with E-state index in [1.165, 1.54) is 49.7 Å². The van der Waals surface area contributed by atoms with Crippen molar-refractivity contribution in [3.8, 4) is 11.5 Å². The Hall–Kier alpha value is -3.00. The van der Waals surface area contributed by atoms with Gasteiger partial charge < -0.3 is 20.1 Å². The van der Waals surface area contributed by atoms with Crippen molar-refractivity contribution in [2.75, 3.05) is 19.6 Å². The van der Waals surface area contributed by atoms with E-state index in [2.05, 4.69) is 21.0 Å². The maximum Gasteiger partial charge on any atom is 0.573 e. The van der Waals surface area contributed by atoms with Crippen LogP contribution in [0.2, 0.25) is 0 Å². The fourth-order valence-electron chi connectivity index (χ4n) is 6.22. The number of hydrogen-bond acceptors (Lipinski definition) is 4. The van der Waals surface area contributed by atoms with Crippen molar-refractivity contribution in [2.24, 2.45) is 11.8 Å². The lowest BCUT2D eigenvalue weighted by Crippen LogP contribution is -2.56. The second kappa shape index (κ2) is 10.4. The Kier molecular flexibility index (Phi) is 7.21. The highest BCUT2D eigenvalue weighted by Gasteiger charge is 2.48. The number of piperidine rings is 1. The molecule has 0 radical (unpaired) electrons. The van der Waals surface area contributed by atoms with Gasteiger partial charge in [-0.05, 0) is 98.4 Å². The number of halogens is 3. The summed E-state index contributed by atoms with van der Waals surface area (Å²) in [7, 11) is 0. The van der Waals surface area contributed by atoms with Crippen molar-refractivity contribution in [3.63, 3.8) is 0 Å². The topological polar surface area (TPSA) is 61.8 Å². The van der Waals surface area contributed by atoms with Crippen molar-refractivity contribution in [3.05, 3.63) is 65.7 Å². The first-order valence-corrected chi connectivity index (χ1v) is 13.0. The average Bonchev–Trinajstić information content (AvgIpc) is 3.66. The normalized spacial score (nSPS) is 26.6. The Morgan fingerprint density at radius 1 is 1.14 bits per heavy atom. The molecule has 5 nitrogen and oxygen atoms in total. The zero-order chi connectivity index (χ0) is 26.0. The van der Waals surface area contributed by atoms with E-state index < -0.39 is 6.36 Å². The number of aromatic hydroxyl groups is 1. The highest BCUT2D eigenvalue weighted by molar-refractivity contribution is 5.92. The molecule has 8 heteroatoms. The van der Waals surface area contributed by atoms with Crippen molar-refractivity contribution in [2.45, 2.75) is 56.3 Å². The lowest BCUT2D eigenvalue weighted by atomic mass is 9.58. The fourth-order valence-corrected chi connectivity index (χ4v) is 6.22. The van der Waals surface area contributed by atoms with Gasteiger partial charge in [0.25, 0.3) is 0 Å². The van der Waals surface area contributed by atoms with Crippen LogP contribution in [0.15, 0.2) is 54.6 Å². The number of amides is 1. The van der Waals surface area contributed by atoms with Crippen LogP contribution in [0.4, 0.5) is 13.2 Å². The highest BCUT2D eigenvalue weighted by atomic mass is 19.4. The van der Waals surface area contributed by atoms with Crippen molar-refractivity contribution in [1.82, 2.24) is 10.2 Å². The Bertz CT molecular complexity index is 1150. The lowest BCUT2D eigenvalue weighted by Gasteiger charge is -2.53. The highest BCUT2D eigenvalue weighted by Crippen LogP contribution is 2.50. The third-order valence-corrected chi connectivity index (χ3v) is 8.11. The number of fused-ring (bicyclic) bond motifs is 1. The lowest BCUT2D eigenvalue weighted by molar-refractivity contribution is -0.274. The van der Waals surface area contributed by atoms with Gasteiger partial charge in [0, 0.05) is 30.6 Å². The molecule has 3 atom stereocenters.